The van der Waals surface area contributed by atoms with Crippen LogP contribution in [0.3, 0.4) is 0 Å². The molecule has 5 atom stereocenters. The van der Waals surface area contributed by atoms with Gasteiger partial charge in [-0.15, -0.1) is 0 Å². The summed E-state index contributed by atoms with van der Waals surface area (Å²) in [5.74, 6) is 1.61. The van der Waals surface area contributed by atoms with Crippen LogP contribution in [0.4, 0.5) is 0 Å². The van der Waals surface area contributed by atoms with Crippen LogP contribution in [-0.2, 0) is 9.59 Å². The van der Waals surface area contributed by atoms with Crippen molar-refractivity contribution >= 4 is 11.6 Å². The van der Waals surface area contributed by atoms with Crippen LogP contribution in [0.15, 0.2) is 22.9 Å². The molecule has 0 aromatic heterocycles. The Morgan fingerprint density at radius 2 is 1.92 bits per heavy atom. The number of nitrogens with zero attached hydrogens (tertiary/aromatic N) is 1. The van der Waals surface area contributed by atoms with E-state index in [1.807, 2.05) is 13.0 Å². The molecule has 0 unspecified atom stereocenters. The molecule has 132 valence electrons. The lowest BCUT2D eigenvalue weighted by Crippen LogP contribution is -2.54. The standard InChI is InChI=1S/C22H27NO2/c1-13(23-4)17-7-8-18-16-6-5-14-11-15(24)9-10-21(14,2)20(16)19(25)12-22(17,18)3/h11,16,18,20H,5-10,12H2,1-3H3/b17-13-/t16-,18-,20+,21-,22+/m0/s1. The Labute approximate surface area is 150 Å². The summed E-state index contributed by atoms with van der Waals surface area (Å²) in [6, 6.07) is 0. The molecule has 0 heterocycles. The van der Waals surface area contributed by atoms with Crippen LogP contribution >= 0.6 is 0 Å². The molecule has 25 heavy (non-hydrogen) atoms. The number of allylic oxidation sites excluding steroid dienone is 3. The number of Topliss-reactive ketones (excluding diaryl/α,β-unsaturated/α-hetero) is 1. The van der Waals surface area contributed by atoms with Gasteiger partial charge in [-0.05, 0) is 67.8 Å². The second kappa shape index (κ2) is 5.40. The molecule has 4 aliphatic carbocycles. The maximum absolute atomic E-state index is 13.4. The van der Waals surface area contributed by atoms with Gasteiger partial charge in [0.05, 0.1) is 6.57 Å². The van der Waals surface area contributed by atoms with Gasteiger partial charge in [-0.1, -0.05) is 25.0 Å². The SMILES string of the molecule is [C-]#[N+]/C(C)=C1/CC[C@H]2[C@@H]3CCC4=CC(=O)CC[C@]4(C)[C@H]3C(=O)C[C@]12C. The molecule has 0 aromatic carbocycles. The summed E-state index contributed by atoms with van der Waals surface area (Å²) in [5, 5.41) is 0. The summed E-state index contributed by atoms with van der Waals surface area (Å²) in [5.41, 5.74) is 3.05. The van der Waals surface area contributed by atoms with E-state index in [0.717, 1.165) is 37.8 Å². The van der Waals surface area contributed by atoms with Crippen molar-refractivity contribution in [3.8, 4) is 0 Å². The molecule has 3 heteroatoms. The minimum Gasteiger partial charge on any atom is -0.299 e. The average molecular weight is 337 g/mol. The van der Waals surface area contributed by atoms with Crippen molar-refractivity contribution in [1.29, 1.82) is 0 Å². The van der Waals surface area contributed by atoms with Crippen molar-refractivity contribution in [2.45, 2.75) is 65.7 Å². The minimum atomic E-state index is -0.116. The van der Waals surface area contributed by atoms with E-state index in [2.05, 4.69) is 18.7 Å². The summed E-state index contributed by atoms with van der Waals surface area (Å²) >= 11 is 0. The molecule has 0 N–H and O–H groups in total. The maximum Gasteiger partial charge on any atom is 0.162 e. The molecule has 3 nitrogen and oxygen atoms in total. The Balaban J connectivity index is 1.77. The number of carbonyl (C=O) groups is 2. The van der Waals surface area contributed by atoms with E-state index in [9.17, 15) is 9.59 Å². The largest absolute Gasteiger partial charge is 0.299 e. The van der Waals surface area contributed by atoms with Gasteiger partial charge in [-0.2, -0.15) is 0 Å². The average Bonchev–Trinajstić information content (AvgIpc) is 2.91. The van der Waals surface area contributed by atoms with Crippen LogP contribution in [0.2, 0.25) is 0 Å². The fraction of sp³-hybridized carbons (Fsp3) is 0.682. The first-order valence-electron chi connectivity index (χ1n) is 9.65. The second-order valence-corrected chi connectivity index (χ2v) is 9.12. The second-order valence-electron chi connectivity index (χ2n) is 9.12. The molecule has 0 radical (unpaired) electrons. The van der Waals surface area contributed by atoms with Crippen LogP contribution in [0.1, 0.15) is 65.7 Å². The number of ketones is 2. The Bertz CT molecular complexity index is 767. The monoisotopic (exact) mass is 337 g/mol. The van der Waals surface area contributed by atoms with E-state index in [1.165, 1.54) is 11.1 Å². The van der Waals surface area contributed by atoms with E-state index < -0.39 is 0 Å². The highest BCUT2D eigenvalue weighted by atomic mass is 16.1. The van der Waals surface area contributed by atoms with Crippen LogP contribution in [-0.4, -0.2) is 11.6 Å². The summed E-state index contributed by atoms with van der Waals surface area (Å²) in [7, 11) is 0. The summed E-state index contributed by atoms with van der Waals surface area (Å²) in [4.78, 5) is 28.9. The molecular weight excluding hydrogens is 310 g/mol. The number of hydrogen-bond donors (Lipinski definition) is 0. The molecular formula is C22H27NO2. The lowest BCUT2D eigenvalue weighted by atomic mass is 9.47. The molecule has 0 spiro atoms. The van der Waals surface area contributed by atoms with Crippen molar-refractivity contribution in [3.63, 3.8) is 0 Å². The van der Waals surface area contributed by atoms with Gasteiger partial charge in [-0.25, -0.2) is 4.85 Å². The van der Waals surface area contributed by atoms with Gasteiger partial charge in [0.2, 0.25) is 0 Å². The highest BCUT2D eigenvalue weighted by Gasteiger charge is 2.60. The first kappa shape index (κ1) is 16.8. The number of fused-ring (bicyclic) bond motifs is 5. The Morgan fingerprint density at radius 1 is 1.16 bits per heavy atom. The smallest absolute Gasteiger partial charge is 0.162 e. The Hall–Kier alpha value is -1.69. The molecule has 0 aliphatic heterocycles. The van der Waals surface area contributed by atoms with Crippen molar-refractivity contribution < 1.29 is 9.59 Å². The van der Waals surface area contributed by atoms with Crippen LogP contribution in [0, 0.1) is 35.2 Å². The number of rotatable bonds is 0. The molecule has 4 aliphatic rings. The van der Waals surface area contributed by atoms with Crippen LogP contribution in [0.25, 0.3) is 4.85 Å². The molecule has 0 amide bonds. The third kappa shape index (κ3) is 2.16. The minimum absolute atomic E-state index is 0.0753. The zero-order valence-corrected chi connectivity index (χ0v) is 15.5. The van der Waals surface area contributed by atoms with Gasteiger partial charge in [0, 0.05) is 18.8 Å². The predicted molar refractivity (Wildman–Crippen MR) is 96.4 cm³/mol. The van der Waals surface area contributed by atoms with Gasteiger partial charge in [-0.3, -0.25) is 9.59 Å². The molecule has 0 aromatic rings. The van der Waals surface area contributed by atoms with Gasteiger partial charge in [0.15, 0.2) is 11.5 Å². The zero-order chi connectivity index (χ0) is 18.0. The van der Waals surface area contributed by atoms with Gasteiger partial charge in [0.25, 0.3) is 0 Å². The van der Waals surface area contributed by atoms with Crippen LogP contribution < -0.4 is 0 Å². The molecule has 3 saturated carbocycles. The van der Waals surface area contributed by atoms with E-state index in [1.54, 1.807) is 0 Å². The fourth-order valence-electron chi connectivity index (χ4n) is 6.86. The van der Waals surface area contributed by atoms with E-state index in [4.69, 9.17) is 6.57 Å². The molecule has 4 rings (SSSR count). The van der Waals surface area contributed by atoms with Crippen molar-refractivity contribution in [1.82, 2.24) is 0 Å². The molecule has 0 bridgehead atoms. The third-order valence-corrected chi connectivity index (χ3v) is 8.04. The summed E-state index contributed by atoms with van der Waals surface area (Å²) < 4.78 is 0. The Kier molecular flexibility index (Phi) is 3.62. The highest BCUT2D eigenvalue weighted by molar-refractivity contribution is 5.93. The first-order chi connectivity index (χ1) is 11.8. The van der Waals surface area contributed by atoms with E-state index >= 15 is 0 Å². The van der Waals surface area contributed by atoms with Gasteiger partial charge >= 0.3 is 0 Å². The van der Waals surface area contributed by atoms with Crippen molar-refractivity contribution in [2.24, 2.45) is 28.6 Å². The normalized spacial score (nSPS) is 45.0. The first-order valence-corrected chi connectivity index (χ1v) is 9.65. The fourth-order valence-corrected chi connectivity index (χ4v) is 6.86. The lowest BCUT2D eigenvalue weighted by molar-refractivity contribution is -0.142. The summed E-state index contributed by atoms with van der Waals surface area (Å²) in [6.45, 7) is 13.8. The molecule has 0 saturated heterocycles. The zero-order valence-electron chi connectivity index (χ0n) is 15.5. The topological polar surface area (TPSA) is 38.5 Å². The quantitative estimate of drug-likeness (QED) is 0.590. The third-order valence-electron chi connectivity index (χ3n) is 8.04. The van der Waals surface area contributed by atoms with Crippen molar-refractivity contribution in [3.05, 3.63) is 34.3 Å². The number of hydrogen-bond acceptors (Lipinski definition) is 2. The van der Waals surface area contributed by atoms with Crippen molar-refractivity contribution in [2.75, 3.05) is 0 Å². The van der Waals surface area contributed by atoms with Gasteiger partial charge in [0.1, 0.15) is 5.78 Å². The Morgan fingerprint density at radius 3 is 2.64 bits per heavy atom. The lowest BCUT2D eigenvalue weighted by Gasteiger charge is -2.56. The van der Waals surface area contributed by atoms with Gasteiger partial charge < -0.3 is 0 Å². The van der Waals surface area contributed by atoms with E-state index in [-0.39, 0.29) is 22.5 Å². The number of carbonyl (C=O) groups excluding carboxylic acids is 2. The summed E-state index contributed by atoms with van der Waals surface area (Å²) in [6.07, 6.45) is 7.92. The van der Waals surface area contributed by atoms with E-state index in [0.29, 0.717) is 30.5 Å². The van der Waals surface area contributed by atoms with Crippen LogP contribution in [0.5, 0.6) is 0 Å². The predicted octanol–water partition coefficient (Wildman–Crippen LogP) is 4.89. The maximum atomic E-state index is 13.4. The molecule has 3 fully saturated rings. The highest BCUT2D eigenvalue weighted by Crippen LogP contribution is 2.65.